The van der Waals surface area contributed by atoms with Crippen molar-refractivity contribution >= 4 is 29.0 Å². The molecule has 1 heterocycles. The third kappa shape index (κ3) is 4.17. The number of hydrogen-bond acceptors (Lipinski definition) is 3. The molecule has 2 rings (SSSR count). The lowest BCUT2D eigenvalue weighted by Gasteiger charge is -2.09. The molecule has 0 saturated heterocycles. The monoisotopic (exact) mass is 320 g/mol. The van der Waals surface area contributed by atoms with Crippen molar-refractivity contribution in [3.63, 3.8) is 0 Å². The number of carbonyl (C=O) groups excluding carboxylic acids is 2. The van der Waals surface area contributed by atoms with Gasteiger partial charge in [-0.1, -0.05) is 62.8 Å². The molecule has 0 fully saturated rings. The number of amides is 1. The molecular formula is C17H21ClN2O2. The lowest BCUT2D eigenvalue weighted by Crippen LogP contribution is -2.28. The zero-order valence-corrected chi connectivity index (χ0v) is 13.6. The zero-order valence-electron chi connectivity index (χ0n) is 12.8. The molecule has 0 radical (unpaired) electrons. The predicted molar refractivity (Wildman–Crippen MR) is 88.1 cm³/mol. The van der Waals surface area contributed by atoms with Crippen LogP contribution in [0, 0.1) is 0 Å². The highest BCUT2D eigenvalue weighted by Crippen LogP contribution is 2.16. The lowest BCUT2D eigenvalue weighted by molar-refractivity contribution is -0.139. The van der Waals surface area contributed by atoms with Gasteiger partial charge < -0.3 is 0 Å². The van der Waals surface area contributed by atoms with Gasteiger partial charge in [-0.3, -0.25) is 9.59 Å². The van der Waals surface area contributed by atoms with Crippen LogP contribution in [-0.2, 0) is 9.59 Å². The Bertz CT molecular complexity index is 567. The Morgan fingerprint density at radius 2 is 1.64 bits per heavy atom. The van der Waals surface area contributed by atoms with Crippen LogP contribution >= 0.6 is 11.6 Å². The SMILES string of the molecule is CCCCCCCCN1N=C(c2ccc(Cl)cc2)C(=O)C1=O. The van der Waals surface area contributed by atoms with Crippen LogP contribution in [0.1, 0.15) is 51.0 Å². The normalized spacial score (nSPS) is 14.6. The first-order valence-electron chi connectivity index (χ1n) is 7.84. The molecule has 1 aromatic rings. The first kappa shape index (κ1) is 16.7. The van der Waals surface area contributed by atoms with E-state index in [-0.39, 0.29) is 5.71 Å². The number of Topliss-reactive ketones (excluding diaryl/α,β-unsaturated/α-hetero) is 1. The Morgan fingerprint density at radius 1 is 1.00 bits per heavy atom. The van der Waals surface area contributed by atoms with Crippen molar-refractivity contribution in [3.8, 4) is 0 Å². The van der Waals surface area contributed by atoms with Gasteiger partial charge in [-0.15, -0.1) is 0 Å². The van der Waals surface area contributed by atoms with Gasteiger partial charge in [0.1, 0.15) is 5.71 Å². The van der Waals surface area contributed by atoms with Crippen molar-refractivity contribution < 1.29 is 9.59 Å². The summed E-state index contributed by atoms with van der Waals surface area (Å²) in [6, 6.07) is 6.79. The van der Waals surface area contributed by atoms with Crippen molar-refractivity contribution in [1.82, 2.24) is 5.01 Å². The average Bonchev–Trinajstić information content (AvgIpc) is 2.80. The summed E-state index contributed by atoms with van der Waals surface area (Å²) < 4.78 is 0. The number of rotatable bonds is 8. The fraction of sp³-hybridized carbons (Fsp3) is 0.471. The summed E-state index contributed by atoms with van der Waals surface area (Å²) in [7, 11) is 0. The largest absolute Gasteiger partial charge is 0.316 e. The molecule has 0 unspecified atom stereocenters. The Balaban J connectivity index is 1.91. The molecule has 22 heavy (non-hydrogen) atoms. The maximum absolute atomic E-state index is 12.0. The summed E-state index contributed by atoms with van der Waals surface area (Å²) >= 11 is 5.83. The van der Waals surface area contributed by atoms with Crippen molar-refractivity contribution in [3.05, 3.63) is 34.9 Å². The zero-order chi connectivity index (χ0) is 15.9. The van der Waals surface area contributed by atoms with Gasteiger partial charge in [-0.25, -0.2) is 5.01 Å². The second-order valence-corrected chi connectivity index (χ2v) is 5.92. The number of carbonyl (C=O) groups is 2. The van der Waals surface area contributed by atoms with Crippen molar-refractivity contribution in [2.75, 3.05) is 6.54 Å². The van der Waals surface area contributed by atoms with E-state index in [4.69, 9.17) is 11.6 Å². The minimum absolute atomic E-state index is 0.215. The molecule has 118 valence electrons. The molecule has 1 aromatic carbocycles. The van der Waals surface area contributed by atoms with Crippen LogP contribution in [0.25, 0.3) is 0 Å². The highest BCUT2D eigenvalue weighted by molar-refractivity contribution is 6.69. The number of hydrogen-bond donors (Lipinski definition) is 0. The Labute approximate surface area is 136 Å². The number of ketones is 1. The molecule has 0 aliphatic carbocycles. The summed E-state index contributed by atoms with van der Waals surface area (Å²) in [4.78, 5) is 24.0. The van der Waals surface area contributed by atoms with Crippen LogP contribution < -0.4 is 0 Å². The van der Waals surface area contributed by atoms with Crippen LogP contribution in [0.4, 0.5) is 0 Å². The molecule has 0 atom stereocenters. The smallest absolute Gasteiger partial charge is 0.281 e. The van der Waals surface area contributed by atoms with Crippen LogP contribution in [0.5, 0.6) is 0 Å². The molecule has 5 heteroatoms. The van der Waals surface area contributed by atoms with E-state index in [1.54, 1.807) is 24.3 Å². The van der Waals surface area contributed by atoms with E-state index in [0.717, 1.165) is 19.3 Å². The predicted octanol–water partition coefficient (Wildman–Crippen LogP) is 3.82. The Hall–Kier alpha value is -1.68. The quantitative estimate of drug-likeness (QED) is 0.540. The van der Waals surface area contributed by atoms with E-state index in [9.17, 15) is 9.59 Å². The lowest BCUT2D eigenvalue weighted by atomic mass is 10.1. The number of benzene rings is 1. The van der Waals surface area contributed by atoms with Gasteiger partial charge in [-0.05, 0) is 18.6 Å². The van der Waals surface area contributed by atoms with E-state index in [1.807, 2.05) is 0 Å². The van der Waals surface area contributed by atoms with Crippen LogP contribution in [-0.4, -0.2) is 29.0 Å². The van der Waals surface area contributed by atoms with Gasteiger partial charge in [0, 0.05) is 17.1 Å². The molecule has 0 spiro atoms. The van der Waals surface area contributed by atoms with Crippen molar-refractivity contribution in [2.45, 2.75) is 45.4 Å². The number of halogens is 1. The average molecular weight is 321 g/mol. The minimum Gasteiger partial charge on any atom is -0.281 e. The summed E-state index contributed by atoms with van der Waals surface area (Å²) in [6.07, 6.45) is 6.79. The summed E-state index contributed by atoms with van der Waals surface area (Å²) in [6.45, 7) is 2.69. The fourth-order valence-corrected chi connectivity index (χ4v) is 2.55. The van der Waals surface area contributed by atoms with E-state index in [2.05, 4.69) is 12.0 Å². The molecule has 0 aromatic heterocycles. The van der Waals surface area contributed by atoms with Gasteiger partial charge in [0.25, 0.3) is 5.78 Å². The topological polar surface area (TPSA) is 49.7 Å². The van der Waals surface area contributed by atoms with Crippen LogP contribution in [0.3, 0.4) is 0 Å². The number of nitrogens with zero attached hydrogens (tertiary/aromatic N) is 2. The molecule has 4 nitrogen and oxygen atoms in total. The summed E-state index contributed by atoms with van der Waals surface area (Å²) in [5.74, 6) is -1.06. The van der Waals surface area contributed by atoms with Gasteiger partial charge in [0.05, 0.1) is 0 Å². The highest BCUT2D eigenvalue weighted by Gasteiger charge is 2.34. The Kier molecular flexibility index (Phi) is 6.13. The molecule has 1 amide bonds. The fourth-order valence-electron chi connectivity index (χ4n) is 2.42. The minimum atomic E-state index is -0.534. The van der Waals surface area contributed by atoms with Crippen molar-refractivity contribution in [2.24, 2.45) is 5.10 Å². The second kappa shape index (κ2) is 8.08. The van der Waals surface area contributed by atoms with Gasteiger partial charge in [-0.2, -0.15) is 5.10 Å². The Morgan fingerprint density at radius 3 is 2.32 bits per heavy atom. The maximum atomic E-state index is 12.0. The van der Waals surface area contributed by atoms with Gasteiger partial charge in [0.2, 0.25) is 0 Å². The summed E-state index contributed by atoms with van der Waals surface area (Å²) in [5, 5.41) is 6.08. The molecular weight excluding hydrogens is 300 g/mol. The molecule has 1 aliphatic heterocycles. The third-order valence-corrected chi connectivity index (χ3v) is 3.96. The molecule has 0 bridgehead atoms. The first-order chi connectivity index (χ1) is 10.6. The third-order valence-electron chi connectivity index (χ3n) is 3.71. The van der Waals surface area contributed by atoms with E-state index in [1.165, 1.54) is 24.3 Å². The van der Waals surface area contributed by atoms with Gasteiger partial charge >= 0.3 is 5.91 Å². The van der Waals surface area contributed by atoms with E-state index >= 15 is 0 Å². The number of hydrazone groups is 1. The summed E-state index contributed by atoms with van der Waals surface area (Å²) in [5.41, 5.74) is 0.848. The van der Waals surface area contributed by atoms with E-state index < -0.39 is 11.7 Å². The second-order valence-electron chi connectivity index (χ2n) is 5.48. The highest BCUT2D eigenvalue weighted by atomic mass is 35.5. The van der Waals surface area contributed by atoms with Crippen LogP contribution in [0.15, 0.2) is 29.4 Å². The van der Waals surface area contributed by atoms with Crippen LogP contribution in [0.2, 0.25) is 5.02 Å². The molecule has 0 saturated carbocycles. The van der Waals surface area contributed by atoms with Gasteiger partial charge in [0.15, 0.2) is 0 Å². The molecule has 1 aliphatic rings. The number of unbranched alkanes of at least 4 members (excludes halogenated alkanes) is 5. The van der Waals surface area contributed by atoms with E-state index in [0.29, 0.717) is 17.1 Å². The first-order valence-corrected chi connectivity index (χ1v) is 8.22. The van der Waals surface area contributed by atoms with Crippen molar-refractivity contribution in [1.29, 1.82) is 0 Å². The standard InChI is InChI=1S/C17H21ClN2O2/c1-2-3-4-5-6-7-12-20-17(22)16(21)15(19-20)13-8-10-14(18)11-9-13/h8-11H,2-7,12H2,1H3. The maximum Gasteiger partial charge on any atom is 0.316 e. The molecule has 0 N–H and O–H groups in total.